The van der Waals surface area contributed by atoms with Gasteiger partial charge in [0, 0.05) is 28.6 Å². The van der Waals surface area contributed by atoms with Crippen molar-refractivity contribution in [1.82, 2.24) is 9.55 Å². The predicted molar refractivity (Wildman–Crippen MR) is 140 cm³/mol. The summed E-state index contributed by atoms with van der Waals surface area (Å²) < 4.78 is 7.22. The first-order valence-corrected chi connectivity index (χ1v) is 13.0. The third kappa shape index (κ3) is 4.28. The summed E-state index contributed by atoms with van der Waals surface area (Å²) in [5, 5.41) is 12.1. The number of anilines is 1. The lowest BCUT2D eigenvalue weighted by Gasteiger charge is -2.34. The average Bonchev–Trinajstić information content (AvgIpc) is 3.28. The molecule has 2 aromatic carbocycles. The minimum absolute atomic E-state index is 0.00928. The normalized spacial score (nSPS) is 22.8. The second kappa shape index (κ2) is 9.87. The van der Waals surface area contributed by atoms with Crippen molar-refractivity contribution in [3.63, 3.8) is 0 Å². The molecule has 1 N–H and O–H groups in total. The van der Waals surface area contributed by atoms with Crippen LogP contribution in [-0.4, -0.2) is 39.7 Å². The van der Waals surface area contributed by atoms with E-state index in [0.29, 0.717) is 16.4 Å². The highest BCUT2D eigenvalue weighted by atomic mass is 35.5. The highest BCUT2D eigenvalue weighted by Gasteiger charge is 2.35. The Balaban J connectivity index is 1.69. The average molecular weight is 510 g/mol. The van der Waals surface area contributed by atoms with E-state index in [0.717, 1.165) is 60.8 Å². The van der Waals surface area contributed by atoms with Crippen molar-refractivity contribution in [3.05, 3.63) is 58.4 Å². The van der Waals surface area contributed by atoms with E-state index in [1.165, 1.54) is 7.11 Å². The zero-order valence-electron chi connectivity index (χ0n) is 20.9. The Morgan fingerprint density at radius 2 is 1.89 bits per heavy atom. The Morgan fingerprint density at radius 3 is 2.58 bits per heavy atom. The Kier molecular flexibility index (Phi) is 6.79. The number of nitrogens with zero attached hydrogens (tertiary/aromatic N) is 3. The van der Waals surface area contributed by atoms with Crippen LogP contribution in [0.5, 0.6) is 0 Å². The van der Waals surface area contributed by atoms with Crippen molar-refractivity contribution in [2.75, 3.05) is 12.0 Å². The predicted octanol–water partition coefficient (Wildman–Crippen LogP) is 6.00. The number of carbonyl (C=O) groups is 2. The molecule has 190 valence electrons. The molecular formula is C28H32ClN3O4. The summed E-state index contributed by atoms with van der Waals surface area (Å²) in [6.07, 6.45) is 3.71. The second-order valence-electron chi connectivity index (χ2n) is 10.1. The second-order valence-corrected chi connectivity index (χ2v) is 10.5. The van der Waals surface area contributed by atoms with Crippen molar-refractivity contribution in [3.8, 4) is 0 Å². The third-order valence-corrected chi connectivity index (χ3v) is 8.12. The lowest BCUT2D eigenvalue weighted by molar-refractivity contribution is -0.122. The first-order valence-electron chi connectivity index (χ1n) is 12.6. The van der Waals surface area contributed by atoms with Gasteiger partial charge in [-0.15, -0.1) is 0 Å². The van der Waals surface area contributed by atoms with Crippen molar-refractivity contribution in [1.29, 1.82) is 0 Å². The van der Waals surface area contributed by atoms with Crippen molar-refractivity contribution < 1.29 is 19.4 Å². The summed E-state index contributed by atoms with van der Waals surface area (Å²) in [7, 11) is 1.39. The number of imidazole rings is 1. The fourth-order valence-electron chi connectivity index (χ4n) is 5.93. The maximum absolute atomic E-state index is 12.6. The van der Waals surface area contributed by atoms with Crippen LogP contribution in [0.15, 0.2) is 36.4 Å². The van der Waals surface area contributed by atoms with Gasteiger partial charge in [0.25, 0.3) is 0 Å². The number of Topliss-reactive ketones (excluding diaryl/α,β-unsaturated/α-hetero) is 1. The number of carbonyl (C=O) groups excluding carboxylic acids is 2. The molecule has 4 atom stereocenters. The van der Waals surface area contributed by atoms with Crippen LogP contribution in [-0.2, 0) is 16.0 Å². The topological polar surface area (TPSA) is 84.7 Å². The van der Waals surface area contributed by atoms with E-state index in [-0.39, 0.29) is 29.9 Å². The van der Waals surface area contributed by atoms with Gasteiger partial charge in [-0.3, -0.25) is 9.69 Å². The first-order chi connectivity index (χ1) is 17.3. The molecule has 1 amide bonds. The van der Waals surface area contributed by atoms with Gasteiger partial charge in [-0.2, -0.15) is 0 Å². The molecule has 1 aromatic heterocycles. The Hall–Kier alpha value is -2.90. The monoisotopic (exact) mass is 509 g/mol. The largest absolute Gasteiger partial charge is 0.452 e. The van der Waals surface area contributed by atoms with Gasteiger partial charge in [-0.1, -0.05) is 30.2 Å². The molecule has 8 heteroatoms. The number of hydrogen-bond donors (Lipinski definition) is 1. The SMILES string of the molecule is COC(=O)N1c2ccc3c(nc([C@H](O)c4ccc(Cl)cc4)n3[C@@H]3CCC[C@@H](C(C)=O)C3)c2CC[C@@H]1C. The standard InChI is InChI=1S/C28H32ClN3O4/c1-16-7-12-22-23(31(16)28(35)36-3)13-14-24-25(22)30-27(26(34)18-8-10-20(29)11-9-18)32(24)21-6-4-5-19(15-21)17(2)33/h8-11,13-14,16,19,21,26,34H,4-7,12,15H2,1-3H3/t16-,19+,21+,26+/m0/s1. The molecule has 5 rings (SSSR count). The lowest BCUT2D eigenvalue weighted by atomic mass is 9.83. The summed E-state index contributed by atoms with van der Waals surface area (Å²) >= 11 is 6.09. The molecule has 36 heavy (non-hydrogen) atoms. The summed E-state index contributed by atoms with van der Waals surface area (Å²) in [6.45, 7) is 3.68. The number of methoxy groups -OCH3 is 1. The zero-order valence-corrected chi connectivity index (χ0v) is 21.7. The zero-order chi connectivity index (χ0) is 25.6. The maximum atomic E-state index is 12.6. The smallest absolute Gasteiger partial charge is 0.414 e. The van der Waals surface area contributed by atoms with Gasteiger partial charge >= 0.3 is 6.09 Å². The molecule has 0 saturated heterocycles. The van der Waals surface area contributed by atoms with Crippen molar-refractivity contribution in [2.45, 2.75) is 70.6 Å². The Morgan fingerprint density at radius 1 is 1.14 bits per heavy atom. The molecule has 0 radical (unpaired) electrons. The van der Waals surface area contributed by atoms with Crippen LogP contribution in [0.25, 0.3) is 11.0 Å². The van der Waals surface area contributed by atoms with Crippen LogP contribution in [0.2, 0.25) is 5.02 Å². The van der Waals surface area contributed by atoms with Crippen LogP contribution in [0, 0.1) is 5.92 Å². The molecule has 1 aliphatic carbocycles. The van der Waals surface area contributed by atoms with E-state index in [2.05, 4.69) is 4.57 Å². The number of amides is 1. The van der Waals surface area contributed by atoms with Crippen molar-refractivity contribution in [2.24, 2.45) is 5.92 Å². The van der Waals surface area contributed by atoms with E-state index in [1.54, 1.807) is 24.0 Å². The van der Waals surface area contributed by atoms with Gasteiger partial charge in [0.05, 0.1) is 23.8 Å². The van der Waals surface area contributed by atoms with Crippen molar-refractivity contribution >= 4 is 40.2 Å². The first kappa shape index (κ1) is 24.8. The van der Waals surface area contributed by atoms with Crippen LogP contribution in [0.4, 0.5) is 10.5 Å². The molecule has 2 heterocycles. The van der Waals surface area contributed by atoms with Crippen LogP contribution < -0.4 is 4.90 Å². The van der Waals surface area contributed by atoms with E-state index in [4.69, 9.17) is 21.3 Å². The summed E-state index contributed by atoms with van der Waals surface area (Å²) in [5.74, 6) is 0.775. The lowest BCUT2D eigenvalue weighted by Crippen LogP contribution is -2.42. The number of hydrogen-bond acceptors (Lipinski definition) is 5. The van der Waals surface area contributed by atoms with Crippen LogP contribution >= 0.6 is 11.6 Å². The van der Waals surface area contributed by atoms with Gasteiger partial charge in [-0.25, -0.2) is 9.78 Å². The molecule has 0 spiro atoms. The Bertz CT molecular complexity index is 1300. The van der Waals surface area contributed by atoms with Gasteiger partial charge in [0.2, 0.25) is 0 Å². The number of aliphatic hydroxyl groups excluding tert-OH is 1. The van der Waals surface area contributed by atoms with Crippen LogP contribution in [0.1, 0.15) is 75.0 Å². The number of ether oxygens (including phenoxy) is 1. The van der Waals surface area contributed by atoms with Gasteiger partial charge in [0.15, 0.2) is 0 Å². The number of ketones is 1. The number of benzene rings is 2. The quantitative estimate of drug-likeness (QED) is 0.466. The molecule has 1 saturated carbocycles. The minimum Gasteiger partial charge on any atom is -0.452 e. The number of aryl methyl sites for hydroxylation is 1. The maximum Gasteiger partial charge on any atom is 0.414 e. The Labute approximate surface area is 216 Å². The van der Waals surface area contributed by atoms with Gasteiger partial charge in [-0.05, 0) is 75.8 Å². The molecule has 0 unspecified atom stereocenters. The van der Waals surface area contributed by atoms with E-state index in [9.17, 15) is 14.7 Å². The molecule has 7 nitrogen and oxygen atoms in total. The fraction of sp³-hybridized carbons (Fsp3) is 0.464. The molecule has 1 aliphatic heterocycles. The number of halogens is 1. The molecule has 3 aromatic rings. The van der Waals surface area contributed by atoms with Gasteiger partial charge < -0.3 is 14.4 Å². The number of rotatable bonds is 4. The highest BCUT2D eigenvalue weighted by Crippen LogP contribution is 2.42. The van der Waals surface area contributed by atoms with E-state index >= 15 is 0 Å². The highest BCUT2D eigenvalue weighted by molar-refractivity contribution is 6.30. The molecule has 1 fully saturated rings. The fourth-order valence-corrected chi connectivity index (χ4v) is 6.06. The summed E-state index contributed by atoms with van der Waals surface area (Å²) in [5.41, 5.74) is 4.20. The number of fused-ring (bicyclic) bond motifs is 3. The molecule has 0 bridgehead atoms. The minimum atomic E-state index is -0.956. The summed E-state index contributed by atoms with van der Waals surface area (Å²) in [4.78, 5) is 31.6. The number of aromatic nitrogens is 2. The molecule has 2 aliphatic rings. The van der Waals surface area contributed by atoms with E-state index < -0.39 is 6.10 Å². The summed E-state index contributed by atoms with van der Waals surface area (Å²) in [6, 6.07) is 11.2. The third-order valence-electron chi connectivity index (χ3n) is 7.87. The number of aliphatic hydroxyl groups is 1. The van der Waals surface area contributed by atoms with Crippen LogP contribution in [0.3, 0.4) is 0 Å². The van der Waals surface area contributed by atoms with Gasteiger partial charge in [0.1, 0.15) is 17.7 Å². The van der Waals surface area contributed by atoms with E-state index in [1.807, 2.05) is 31.2 Å². The molecular weight excluding hydrogens is 478 g/mol.